The van der Waals surface area contributed by atoms with Gasteiger partial charge in [-0.2, -0.15) is 9.97 Å². The summed E-state index contributed by atoms with van der Waals surface area (Å²) in [5.41, 5.74) is 14.3. The largest absolute Gasteiger partial charge is 0.389 e. The van der Waals surface area contributed by atoms with Crippen molar-refractivity contribution in [2.45, 2.75) is 25.1 Å². The average molecular weight is 407 g/mol. The summed E-state index contributed by atoms with van der Waals surface area (Å²) in [7, 11) is 0. The lowest BCUT2D eigenvalue weighted by Crippen LogP contribution is -2.30. The van der Waals surface area contributed by atoms with Crippen LogP contribution in [-0.2, 0) is 11.3 Å². The highest BCUT2D eigenvalue weighted by Crippen LogP contribution is 2.28. The van der Waals surface area contributed by atoms with Crippen LogP contribution in [0.1, 0.15) is 12.5 Å². The fourth-order valence-corrected chi connectivity index (χ4v) is 4.01. The second-order valence-corrected chi connectivity index (χ2v) is 7.40. The van der Waals surface area contributed by atoms with Gasteiger partial charge in [-0.25, -0.2) is 9.97 Å². The van der Waals surface area contributed by atoms with Crippen LogP contribution in [0.15, 0.2) is 36.9 Å². The molecule has 3 aromatic heterocycles. The number of anilines is 2. The molecule has 0 unspecified atom stereocenters. The van der Waals surface area contributed by atoms with Crippen LogP contribution in [0.4, 0.5) is 11.8 Å². The quantitative estimate of drug-likeness (QED) is 0.433. The maximum atomic E-state index is 12.8. The summed E-state index contributed by atoms with van der Waals surface area (Å²) in [5, 5.41) is 10.6. The molecule has 0 bridgehead atoms. The molecule has 5 N–H and O–H groups in total. The number of hydrogen-bond donors (Lipinski definition) is 3. The first-order chi connectivity index (χ1) is 14.5. The summed E-state index contributed by atoms with van der Waals surface area (Å²) in [4.78, 5) is 31.2. The van der Waals surface area contributed by atoms with Crippen molar-refractivity contribution in [2.75, 3.05) is 24.6 Å². The van der Waals surface area contributed by atoms with E-state index in [2.05, 4.69) is 19.9 Å². The fourth-order valence-electron chi connectivity index (χ4n) is 4.01. The third kappa shape index (κ3) is 2.99. The summed E-state index contributed by atoms with van der Waals surface area (Å²) >= 11 is 0. The van der Waals surface area contributed by atoms with Gasteiger partial charge in [0.15, 0.2) is 11.5 Å². The molecule has 0 radical (unpaired) electrons. The first-order valence-corrected chi connectivity index (χ1v) is 9.62. The Morgan fingerprint density at radius 3 is 2.83 bits per heavy atom. The lowest BCUT2D eigenvalue weighted by molar-refractivity contribution is -0.130. The number of benzene rings is 1. The van der Waals surface area contributed by atoms with Gasteiger partial charge in [0.1, 0.15) is 5.52 Å². The predicted octanol–water partition coefficient (Wildman–Crippen LogP) is 0.175. The van der Waals surface area contributed by atoms with E-state index >= 15 is 0 Å². The van der Waals surface area contributed by atoms with E-state index in [4.69, 9.17) is 11.5 Å². The summed E-state index contributed by atoms with van der Waals surface area (Å²) in [6, 6.07) is 7.41. The van der Waals surface area contributed by atoms with Crippen molar-refractivity contribution in [3.05, 3.63) is 36.9 Å². The predicted molar refractivity (Wildman–Crippen MR) is 110 cm³/mol. The number of nitrogens with two attached hydrogens (primary N) is 2. The van der Waals surface area contributed by atoms with Gasteiger partial charge in [0.05, 0.1) is 35.8 Å². The number of amides is 1. The van der Waals surface area contributed by atoms with Crippen LogP contribution < -0.4 is 11.5 Å². The minimum Gasteiger partial charge on any atom is -0.389 e. The number of nitrogen functional groups attached to an aromatic ring is 2. The fraction of sp³-hybridized carbons (Fsp3) is 0.316. The van der Waals surface area contributed by atoms with Crippen molar-refractivity contribution in [2.24, 2.45) is 0 Å². The van der Waals surface area contributed by atoms with E-state index in [9.17, 15) is 9.90 Å². The van der Waals surface area contributed by atoms with Gasteiger partial charge in [0, 0.05) is 26.1 Å². The molecule has 1 aromatic carbocycles. The topological polar surface area (TPSA) is 154 Å². The third-order valence-corrected chi connectivity index (χ3v) is 5.53. The summed E-state index contributed by atoms with van der Waals surface area (Å²) < 4.78 is 3.67. The Kier molecular flexibility index (Phi) is 4.24. The van der Waals surface area contributed by atoms with Gasteiger partial charge in [0.2, 0.25) is 11.9 Å². The molecular weight excluding hydrogens is 386 g/mol. The molecule has 0 saturated carbocycles. The molecule has 1 fully saturated rings. The number of carbonyl (C=O) groups excluding carboxylic acids is 1. The van der Waals surface area contributed by atoms with Crippen LogP contribution in [0.5, 0.6) is 0 Å². The molecule has 2 atom stereocenters. The van der Waals surface area contributed by atoms with Gasteiger partial charge in [-0.15, -0.1) is 0 Å². The molecule has 5 rings (SSSR count). The van der Waals surface area contributed by atoms with Gasteiger partial charge in [0.25, 0.3) is 0 Å². The number of carbonyl (C=O) groups is 1. The van der Waals surface area contributed by atoms with E-state index in [1.165, 1.54) is 0 Å². The number of nitrogens with zero attached hydrogens (tertiary/aromatic N) is 7. The lowest BCUT2D eigenvalue weighted by atomic mass is 10.2. The standard InChI is InChI=1S/C19H21N9O2/c20-17-16-18(25-19(21)24-17)28(10-23-16)13-7-27(8-14(13)29)15(30)5-6-26-9-22-11-3-1-2-4-12(11)26/h1-4,9-10,13-14,29H,5-8H2,(H4,20,21,24,25)/t13-,14-/m0/s1. The zero-order chi connectivity index (χ0) is 20.8. The summed E-state index contributed by atoms with van der Waals surface area (Å²) in [6.07, 6.45) is 2.85. The molecular formula is C19H21N9O2. The van der Waals surface area contributed by atoms with Gasteiger partial charge in [-0.05, 0) is 12.1 Å². The number of imidazole rings is 2. The Bertz CT molecular complexity index is 1250. The average Bonchev–Trinajstić information content (AvgIpc) is 3.42. The minimum atomic E-state index is -0.752. The molecule has 4 aromatic rings. The number of β-amino-alcohol motifs (C(OH)–C–C–N with tert-alkyl or cyclic N) is 1. The van der Waals surface area contributed by atoms with Crippen molar-refractivity contribution in [1.29, 1.82) is 0 Å². The van der Waals surface area contributed by atoms with Crippen LogP contribution in [-0.4, -0.2) is 64.2 Å². The van der Waals surface area contributed by atoms with Crippen LogP contribution >= 0.6 is 0 Å². The van der Waals surface area contributed by atoms with Gasteiger partial charge in [-0.3, -0.25) is 4.79 Å². The second-order valence-electron chi connectivity index (χ2n) is 7.40. The van der Waals surface area contributed by atoms with E-state index in [1.807, 2.05) is 28.8 Å². The van der Waals surface area contributed by atoms with Crippen LogP contribution in [0.3, 0.4) is 0 Å². The van der Waals surface area contributed by atoms with E-state index in [0.717, 1.165) is 11.0 Å². The highest BCUT2D eigenvalue weighted by Gasteiger charge is 2.36. The number of hydrogen-bond acceptors (Lipinski definition) is 8. The maximum absolute atomic E-state index is 12.8. The van der Waals surface area contributed by atoms with Gasteiger partial charge < -0.3 is 30.6 Å². The van der Waals surface area contributed by atoms with Crippen molar-refractivity contribution >= 4 is 39.9 Å². The molecule has 11 nitrogen and oxygen atoms in total. The van der Waals surface area contributed by atoms with Crippen LogP contribution in [0.2, 0.25) is 0 Å². The van der Waals surface area contributed by atoms with Crippen molar-refractivity contribution in [3.63, 3.8) is 0 Å². The zero-order valence-corrected chi connectivity index (χ0v) is 16.1. The Morgan fingerprint density at radius 2 is 1.97 bits per heavy atom. The molecule has 1 saturated heterocycles. The van der Waals surface area contributed by atoms with E-state index in [0.29, 0.717) is 30.7 Å². The lowest BCUT2D eigenvalue weighted by Gasteiger charge is -2.17. The van der Waals surface area contributed by atoms with Crippen molar-refractivity contribution in [1.82, 2.24) is 34.0 Å². The first-order valence-electron chi connectivity index (χ1n) is 9.62. The van der Waals surface area contributed by atoms with Crippen molar-refractivity contribution < 1.29 is 9.90 Å². The zero-order valence-electron chi connectivity index (χ0n) is 16.1. The molecule has 154 valence electrons. The molecule has 1 aliphatic rings. The molecule has 30 heavy (non-hydrogen) atoms. The Morgan fingerprint density at radius 1 is 1.13 bits per heavy atom. The molecule has 1 amide bonds. The molecule has 0 spiro atoms. The smallest absolute Gasteiger partial charge is 0.224 e. The molecule has 4 heterocycles. The van der Waals surface area contributed by atoms with Gasteiger partial charge in [-0.1, -0.05) is 12.1 Å². The molecule has 11 heteroatoms. The minimum absolute atomic E-state index is 0.0348. The highest BCUT2D eigenvalue weighted by molar-refractivity contribution is 5.83. The highest BCUT2D eigenvalue weighted by atomic mass is 16.3. The van der Waals surface area contributed by atoms with Crippen LogP contribution in [0, 0.1) is 0 Å². The Balaban J connectivity index is 1.31. The monoisotopic (exact) mass is 407 g/mol. The molecule has 1 aliphatic heterocycles. The summed E-state index contributed by atoms with van der Waals surface area (Å²) in [6.45, 7) is 1.11. The Labute approximate surface area is 171 Å². The number of para-hydroxylation sites is 2. The van der Waals surface area contributed by atoms with Crippen LogP contribution in [0.25, 0.3) is 22.2 Å². The van der Waals surface area contributed by atoms with Crippen molar-refractivity contribution in [3.8, 4) is 0 Å². The molecule has 0 aliphatic carbocycles. The number of fused-ring (bicyclic) bond motifs is 2. The number of rotatable bonds is 4. The number of aliphatic hydroxyl groups excluding tert-OH is 1. The third-order valence-electron chi connectivity index (χ3n) is 5.53. The van der Waals surface area contributed by atoms with E-state index < -0.39 is 6.10 Å². The SMILES string of the molecule is Nc1nc(N)c2ncn([C@H]3CN(C(=O)CCn4cnc5ccccc54)C[C@@H]3O)c2n1. The first kappa shape index (κ1) is 18.3. The summed E-state index contributed by atoms with van der Waals surface area (Å²) in [5.74, 6) is 0.186. The normalized spacial score (nSPS) is 19.2. The van der Waals surface area contributed by atoms with Gasteiger partial charge >= 0.3 is 0 Å². The van der Waals surface area contributed by atoms with E-state index in [-0.39, 0.29) is 30.3 Å². The Hall–Kier alpha value is -3.73. The number of aromatic nitrogens is 6. The van der Waals surface area contributed by atoms with E-state index in [1.54, 1.807) is 22.1 Å². The number of aliphatic hydroxyl groups is 1. The number of aryl methyl sites for hydroxylation is 1. The maximum Gasteiger partial charge on any atom is 0.224 e. The number of likely N-dealkylation sites (tertiary alicyclic amines) is 1. The second kappa shape index (κ2) is 6.95.